The number of nitriles is 1. The minimum Gasteiger partial charge on any atom is -0.479 e. The van der Waals surface area contributed by atoms with Gasteiger partial charge in [-0.25, -0.2) is 0 Å². The van der Waals surface area contributed by atoms with Crippen LogP contribution in [0.5, 0.6) is 12.0 Å². The van der Waals surface area contributed by atoms with Crippen molar-refractivity contribution in [1.82, 2.24) is 44.5 Å². The lowest BCUT2D eigenvalue weighted by Crippen LogP contribution is -2.03. The molecule has 0 amide bonds. The smallest absolute Gasteiger partial charge is 0.321 e. The molecule has 0 bridgehead atoms. The number of azo groups is 1. The highest BCUT2D eigenvalue weighted by Crippen LogP contribution is 2.31. The number of benzene rings is 1. The van der Waals surface area contributed by atoms with E-state index in [1.807, 2.05) is 36.4 Å². The maximum atomic E-state index is 9.61. The molecule has 33 heavy (non-hydrogen) atoms. The van der Waals surface area contributed by atoms with Gasteiger partial charge in [0.15, 0.2) is 23.0 Å². The number of hydrogen-bond donors (Lipinski definition) is 3. The second-order valence-electron chi connectivity index (χ2n) is 6.85. The molecule has 0 saturated heterocycles. The second kappa shape index (κ2) is 7.50. The predicted molar refractivity (Wildman–Crippen MR) is 111 cm³/mol. The van der Waals surface area contributed by atoms with Gasteiger partial charge in [0.05, 0.1) is 11.4 Å². The zero-order valence-electron chi connectivity index (χ0n) is 17.2. The number of aromatic amines is 1. The number of H-pyrrole nitrogens is 1. The zero-order chi connectivity index (χ0) is 23.1. The summed E-state index contributed by atoms with van der Waals surface area (Å²) in [6.07, 6.45) is 0. The van der Waals surface area contributed by atoms with Gasteiger partial charge in [0.1, 0.15) is 11.6 Å². The van der Waals surface area contributed by atoms with Crippen molar-refractivity contribution in [2.75, 3.05) is 0 Å². The van der Waals surface area contributed by atoms with Gasteiger partial charge in [-0.15, -0.1) is 15.2 Å². The third-order valence-corrected chi connectivity index (χ3v) is 4.71. The lowest BCUT2D eigenvalue weighted by Gasteiger charge is -2.02. The molecule has 0 spiro atoms. The van der Waals surface area contributed by atoms with Crippen molar-refractivity contribution in [1.29, 1.82) is 5.26 Å². The van der Waals surface area contributed by atoms with Crippen molar-refractivity contribution in [3.05, 3.63) is 47.3 Å². The first-order chi connectivity index (χ1) is 16.0. The third kappa shape index (κ3) is 3.29. The van der Waals surface area contributed by atoms with Gasteiger partial charge in [0.2, 0.25) is 0 Å². The fraction of sp³-hybridized carbons (Fsp3) is 0.105. The molecule has 5 rings (SSSR count). The summed E-state index contributed by atoms with van der Waals surface area (Å²) in [6, 6.07) is 10.1. The quantitative estimate of drug-likeness (QED) is 0.350. The van der Waals surface area contributed by atoms with Crippen molar-refractivity contribution in [3.8, 4) is 35.4 Å². The molecule has 1 aromatic carbocycles. The Bertz CT molecular complexity index is 1550. The van der Waals surface area contributed by atoms with E-state index in [2.05, 4.69) is 45.6 Å². The highest BCUT2D eigenvalue weighted by molar-refractivity contribution is 5.70. The lowest BCUT2D eigenvalue weighted by atomic mass is 10.2. The molecule has 3 N–H and O–H groups in total. The van der Waals surface area contributed by atoms with Crippen molar-refractivity contribution in [2.45, 2.75) is 13.8 Å². The van der Waals surface area contributed by atoms with Crippen LogP contribution in [0.15, 0.2) is 40.6 Å². The van der Waals surface area contributed by atoms with Crippen LogP contribution < -0.4 is 0 Å². The van der Waals surface area contributed by atoms with Crippen LogP contribution in [-0.2, 0) is 0 Å². The molecule has 4 aromatic heterocycles. The van der Waals surface area contributed by atoms with Gasteiger partial charge in [-0.2, -0.15) is 39.7 Å². The Morgan fingerprint density at radius 2 is 1.70 bits per heavy atom. The van der Waals surface area contributed by atoms with E-state index < -0.39 is 12.0 Å². The summed E-state index contributed by atoms with van der Waals surface area (Å²) < 4.78 is 2.70. The number of nitrogens with one attached hydrogen (secondary N) is 1. The number of aromatic nitrogens is 9. The Morgan fingerprint density at radius 1 is 0.970 bits per heavy atom. The Balaban J connectivity index is 1.63. The van der Waals surface area contributed by atoms with Crippen LogP contribution in [-0.4, -0.2) is 54.8 Å². The average molecular weight is 442 g/mol. The molecule has 162 valence electrons. The van der Waals surface area contributed by atoms with Crippen molar-refractivity contribution >= 4 is 17.2 Å². The average Bonchev–Trinajstić information content (AvgIpc) is 3.43. The number of fused-ring (bicyclic) bond motifs is 1. The predicted octanol–water partition coefficient (Wildman–Crippen LogP) is 2.41. The zero-order valence-corrected chi connectivity index (χ0v) is 17.2. The van der Waals surface area contributed by atoms with Crippen molar-refractivity contribution < 1.29 is 10.2 Å². The summed E-state index contributed by atoms with van der Waals surface area (Å²) in [5, 5.41) is 53.2. The van der Waals surface area contributed by atoms with Crippen LogP contribution in [0, 0.1) is 25.2 Å². The number of hydrogen-bond acceptors (Lipinski definition) is 11. The van der Waals surface area contributed by atoms with E-state index in [1.165, 1.54) is 0 Å². The molecule has 0 atom stereocenters. The van der Waals surface area contributed by atoms with Gasteiger partial charge >= 0.3 is 12.0 Å². The van der Waals surface area contributed by atoms with Gasteiger partial charge in [-0.3, -0.25) is 5.10 Å². The molecular formula is C19H14N12O2. The van der Waals surface area contributed by atoms with Gasteiger partial charge < -0.3 is 10.2 Å². The second-order valence-corrected chi connectivity index (χ2v) is 6.85. The molecule has 5 aromatic rings. The van der Waals surface area contributed by atoms with E-state index >= 15 is 0 Å². The van der Waals surface area contributed by atoms with Crippen LogP contribution >= 0.6 is 0 Å². The summed E-state index contributed by atoms with van der Waals surface area (Å²) in [4.78, 5) is 10.8. The number of nitrogens with zero attached hydrogens (tertiary/aromatic N) is 11. The van der Waals surface area contributed by atoms with E-state index in [1.54, 1.807) is 18.4 Å². The summed E-state index contributed by atoms with van der Waals surface area (Å²) in [6.45, 7) is 3.36. The number of aromatic hydroxyl groups is 2. The largest absolute Gasteiger partial charge is 0.479 e. The van der Waals surface area contributed by atoms with E-state index in [-0.39, 0.29) is 17.3 Å². The Labute approximate surface area is 184 Å². The standard InChI is InChI=1S/C19H14N12O2/c1-9-12(8-20)15(31(28-9)17-21-18(32)23-19(33)22-17)26-24-13-10(2)29-30-14(25-27-16(13)30)11-6-4-3-5-7-11/h3-7,27H,1-2H3,(H2,21,22,23,32,33)/b26-24+. The molecule has 0 aliphatic heterocycles. The monoisotopic (exact) mass is 442 g/mol. The van der Waals surface area contributed by atoms with E-state index in [0.717, 1.165) is 10.2 Å². The van der Waals surface area contributed by atoms with Gasteiger partial charge in [0, 0.05) is 5.56 Å². The van der Waals surface area contributed by atoms with E-state index in [0.29, 0.717) is 28.5 Å². The van der Waals surface area contributed by atoms with Gasteiger partial charge in [0.25, 0.3) is 5.95 Å². The first kappa shape index (κ1) is 19.8. The van der Waals surface area contributed by atoms with E-state index in [9.17, 15) is 15.5 Å². The molecule has 0 aliphatic rings. The number of rotatable bonds is 4. The van der Waals surface area contributed by atoms with Crippen LogP contribution in [0.2, 0.25) is 0 Å². The fourth-order valence-corrected chi connectivity index (χ4v) is 3.23. The van der Waals surface area contributed by atoms with Crippen molar-refractivity contribution in [3.63, 3.8) is 0 Å². The van der Waals surface area contributed by atoms with Crippen LogP contribution in [0.1, 0.15) is 17.0 Å². The van der Waals surface area contributed by atoms with Crippen LogP contribution in [0.25, 0.3) is 23.0 Å². The Kier molecular flexibility index (Phi) is 4.49. The molecule has 4 heterocycles. The summed E-state index contributed by atoms with van der Waals surface area (Å²) in [5.74, 6) is 0.370. The van der Waals surface area contributed by atoms with Crippen LogP contribution in [0.3, 0.4) is 0 Å². The molecule has 0 fully saturated rings. The fourth-order valence-electron chi connectivity index (χ4n) is 3.23. The molecule has 0 saturated carbocycles. The van der Waals surface area contributed by atoms with Crippen LogP contribution in [0.4, 0.5) is 11.5 Å². The molecular weight excluding hydrogens is 428 g/mol. The van der Waals surface area contributed by atoms with Crippen molar-refractivity contribution in [2.24, 2.45) is 10.2 Å². The SMILES string of the molecule is Cc1nn(-c2nc(O)nc(O)n2)c(/N=N/c2c(C)nn3c(-c4ccccc4)n[nH]c23)c1C#N. The first-order valence-corrected chi connectivity index (χ1v) is 9.51. The molecule has 0 aliphatic carbocycles. The summed E-state index contributed by atoms with van der Waals surface area (Å²) >= 11 is 0. The maximum absolute atomic E-state index is 9.61. The molecule has 14 nitrogen and oxygen atoms in total. The Morgan fingerprint density at radius 3 is 2.39 bits per heavy atom. The summed E-state index contributed by atoms with van der Waals surface area (Å²) in [7, 11) is 0. The minimum absolute atomic E-state index is 0.00143. The normalized spacial score (nSPS) is 11.4. The first-order valence-electron chi connectivity index (χ1n) is 9.51. The van der Waals surface area contributed by atoms with Gasteiger partial charge in [-0.05, 0) is 13.8 Å². The molecule has 0 unspecified atom stereocenters. The maximum Gasteiger partial charge on any atom is 0.321 e. The Hall–Kier alpha value is -5.19. The summed E-state index contributed by atoms with van der Waals surface area (Å²) in [5.41, 5.74) is 2.79. The molecule has 14 heteroatoms. The van der Waals surface area contributed by atoms with E-state index in [4.69, 9.17) is 0 Å². The highest BCUT2D eigenvalue weighted by Gasteiger charge is 2.21. The topological polar surface area (TPSA) is 191 Å². The highest BCUT2D eigenvalue weighted by atomic mass is 16.3. The molecule has 0 radical (unpaired) electrons. The number of aryl methyl sites for hydroxylation is 2. The minimum atomic E-state index is -0.716. The van der Waals surface area contributed by atoms with Gasteiger partial charge in [-0.1, -0.05) is 30.3 Å². The third-order valence-electron chi connectivity index (χ3n) is 4.71. The lowest BCUT2D eigenvalue weighted by molar-refractivity contribution is 0.379.